The van der Waals surface area contributed by atoms with E-state index in [1.54, 1.807) is 12.1 Å². The van der Waals surface area contributed by atoms with Crippen LogP contribution in [0.15, 0.2) is 57.5 Å². The molecule has 0 fully saturated rings. The first-order valence-electron chi connectivity index (χ1n) is 7.79. The van der Waals surface area contributed by atoms with E-state index < -0.39 is 11.9 Å². The van der Waals surface area contributed by atoms with E-state index in [0.717, 1.165) is 0 Å². The third kappa shape index (κ3) is 3.54. The Morgan fingerprint density at radius 3 is 2.04 bits per heavy atom. The van der Waals surface area contributed by atoms with E-state index in [1.807, 2.05) is 36.4 Å². The fraction of sp³-hybridized carbons (Fsp3) is 0.105. The molecule has 0 saturated heterocycles. The third-order valence-corrected chi connectivity index (χ3v) is 5.18. The van der Waals surface area contributed by atoms with E-state index in [4.69, 9.17) is 9.47 Å². The largest absolute Gasteiger partial charge is 0.465 e. The van der Waals surface area contributed by atoms with Gasteiger partial charge in [-0.1, -0.05) is 56.1 Å². The van der Waals surface area contributed by atoms with Gasteiger partial charge in [0, 0.05) is 14.5 Å². The van der Waals surface area contributed by atoms with E-state index in [-0.39, 0.29) is 11.3 Å². The van der Waals surface area contributed by atoms with Crippen LogP contribution in [0.1, 0.15) is 20.8 Å². The van der Waals surface area contributed by atoms with Crippen molar-refractivity contribution in [3.8, 4) is 16.9 Å². The lowest BCUT2D eigenvalue weighted by Crippen LogP contribution is -2.15. The van der Waals surface area contributed by atoms with Crippen LogP contribution >= 0.6 is 31.9 Å². The van der Waals surface area contributed by atoms with Crippen molar-refractivity contribution in [2.24, 2.45) is 0 Å². The second kappa shape index (κ2) is 8.06. The highest BCUT2D eigenvalue weighted by molar-refractivity contribution is 9.11. The first-order chi connectivity index (χ1) is 13.0. The van der Waals surface area contributed by atoms with Gasteiger partial charge in [-0.25, -0.2) is 14.3 Å². The summed E-state index contributed by atoms with van der Waals surface area (Å²) in [7, 11) is 2.50. The predicted molar refractivity (Wildman–Crippen MR) is 107 cm³/mol. The minimum atomic E-state index is -0.693. The van der Waals surface area contributed by atoms with Crippen molar-refractivity contribution in [1.29, 1.82) is 0 Å². The Kier molecular flexibility index (Phi) is 5.76. The Balaban J connectivity index is 2.42. The number of nitrogens with zero attached hydrogens (tertiary/aromatic N) is 2. The topological polar surface area (TPSA) is 70.4 Å². The lowest BCUT2D eigenvalue weighted by Gasteiger charge is -2.07. The zero-order valence-corrected chi connectivity index (χ0v) is 17.6. The number of hydrogen-bond donors (Lipinski definition) is 0. The van der Waals surface area contributed by atoms with Crippen LogP contribution in [0.5, 0.6) is 0 Å². The Morgan fingerprint density at radius 2 is 1.48 bits per heavy atom. The van der Waals surface area contributed by atoms with Crippen molar-refractivity contribution in [3.63, 3.8) is 0 Å². The van der Waals surface area contributed by atoms with Gasteiger partial charge in [0.2, 0.25) is 0 Å². The smallest absolute Gasteiger partial charge is 0.357 e. The monoisotopic (exact) mass is 492 g/mol. The quantitative estimate of drug-likeness (QED) is 0.495. The molecule has 0 bridgehead atoms. The Bertz CT molecular complexity index is 996. The van der Waals surface area contributed by atoms with E-state index in [1.165, 1.54) is 18.9 Å². The van der Waals surface area contributed by atoms with Crippen molar-refractivity contribution >= 4 is 43.8 Å². The molecule has 0 unspecified atom stereocenters. The second-order valence-electron chi connectivity index (χ2n) is 5.40. The third-order valence-electron chi connectivity index (χ3n) is 3.85. The fourth-order valence-electron chi connectivity index (χ4n) is 2.65. The molecule has 0 aliphatic heterocycles. The molecule has 0 N–H and O–H groups in total. The lowest BCUT2D eigenvalue weighted by molar-refractivity contribution is 0.0549. The normalized spacial score (nSPS) is 10.5. The maximum Gasteiger partial charge on any atom is 0.357 e. The summed E-state index contributed by atoms with van der Waals surface area (Å²) in [5.41, 5.74) is 1.55. The molecule has 27 heavy (non-hydrogen) atoms. The summed E-state index contributed by atoms with van der Waals surface area (Å²) in [6, 6.07) is 14.5. The van der Waals surface area contributed by atoms with Gasteiger partial charge in [0.25, 0.3) is 0 Å². The van der Waals surface area contributed by atoms with Crippen molar-refractivity contribution in [3.05, 3.63) is 68.7 Å². The second-order valence-corrected chi connectivity index (χ2v) is 7.11. The van der Waals surface area contributed by atoms with Crippen LogP contribution in [0.25, 0.3) is 16.9 Å². The van der Waals surface area contributed by atoms with Gasteiger partial charge in [-0.05, 0) is 24.3 Å². The Hall–Kier alpha value is -2.45. The molecule has 0 atom stereocenters. The Labute approximate surface area is 172 Å². The van der Waals surface area contributed by atoms with Gasteiger partial charge in [0.1, 0.15) is 11.3 Å². The van der Waals surface area contributed by atoms with Gasteiger partial charge in [0.05, 0.1) is 19.9 Å². The molecule has 0 aliphatic carbocycles. The van der Waals surface area contributed by atoms with Crippen LogP contribution in [-0.2, 0) is 9.47 Å². The zero-order chi connectivity index (χ0) is 19.6. The molecule has 3 rings (SSSR count). The number of ether oxygens (including phenoxy) is 2. The first-order valence-corrected chi connectivity index (χ1v) is 9.37. The summed E-state index contributed by atoms with van der Waals surface area (Å²) in [4.78, 5) is 25.2. The molecule has 3 aromatic rings. The SMILES string of the molecule is COC(=O)c1c(-c2c(Br)cccc2Br)nn(-c2ccccc2)c1C(=O)OC. The number of halogens is 2. The zero-order valence-electron chi connectivity index (χ0n) is 14.4. The molecule has 0 spiro atoms. The van der Waals surface area contributed by atoms with Gasteiger partial charge in [-0.2, -0.15) is 5.10 Å². The average molecular weight is 494 g/mol. The minimum Gasteiger partial charge on any atom is -0.465 e. The average Bonchev–Trinajstić information content (AvgIpc) is 3.07. The number of aromatic nitrogens is 2. The van der Waals surface area contributed by atoms with E-state index in [9.17, 15) is 9.59 Å². The van der Waals surface area contributed by atoms with Crippen molar-refractivity contribution in [2.45, 2.75) is 0 Å². The summed E-state index contributed by atoms with van der Waals surface area (Å²) in [5, 5.41) is 4.57. The molecule has 1 heterocycles. The molecule has 0 aliphatic rings. The van der Waals surface area contributed by atoms with Gasteiger partial charge in [-0.15, -0.1) is 0 Å². The van der Waals surface area contributed by atoms with Gasteiger partial charge in [0.15, 0.2) is 5.69 Å². The molecule has 0 amide bonds. The standard InChI is InChI=1S/C19H14Br2N2O4/c1-26-18(24)15-16(14-12(20)9-6-10-13(14)21)22-23(17(15)19(25)27-2)11-7-4-3-5-8-11/h3-10H,1-2H3. The van der Waals surface area contributed by atoms with E-state index in [0.29, 0.717) is 25.9 Å². The van der Waals surface area contributed by atoms with Gasteiger partial charge in [-0.3, -0.25) is 0 Å². The molecule has 2 aromatic carbocycles. The number of hydrogen-bond acceptors (Lipinski definition) is 5. The fourth-order valence-corrected chi connectivity index (χ4v) is 4.03. The summed E-state index contributed by atoms with van der Waals surface area (Å²) in [6.45, 7) is 0. The number of esters is 2. The minimum absolute atomic E-state index is 0.00629. The van der Waals surface area contributed by atoms with Crippen LogP contribution in [0.4, 0.5) is 0 Å². The van der Waals surface area contributed by atoms with E-state index >= 15 is 0 Å². The lowest BCUT2D eigenvalue weighted by atomic mass is 10.1. The molecular weight excluding hydrogens is 480 g/mol. The highest BCUT2D eigenvalue weighted by Gasteiger charge is 2.32. The summed E-state index contributed by atoms with van der Waals surface area (Å²) in [6.07, 6.45) is 0. The van der Waals surface area contributed by atoms with Crippen LogP contribution in [0, 0.1) is 0 Å². The van der Waals surface area contributed by atoms with Gasteiger partial charge < -0.3 is 9.47 Å². The molecular formula is C19H14Br2N2O4. The van der Waals surface area contributed by atoms with Crippen molar-refractivity contribution < 1.29 is 19.1 Å². The number of methoxy groups -OCH3 is 2. The highest BCUT2D eigenvalue weighted by Crippen LogP contribution is 2.38. The maximum absolute atomic E-state index is 12.6. The molecule has 1 aromatic heterocycles. The van der Waals surface area contributed by atoms with Crippen LogP contribution in [0.2, 0.25) is 0 Å². The Morgan fingerprint density at radius 1 is 0.889 bits per heavy atom. The molecule has 138 valence electrons. The summed E-state index contributed by atoms with van der Waals surface area (Å²) < 4.78 is 12.6. The highest BCUT2D eigenvalue weighted by atomic mass is 79.9. The van der Waals surface area contributed by atoms with Crippen LogP contribution in [0.3, 0.4) is 0 Å². The van der Waals surface area contributed by atoms with Crippen molar-refractivity contribution in [2.75, 3.05) is 14.2 Å². The molecule has 8 heteroatoms. The maximum atomic E-state index is 12.6. The van der Waals surface area contributed by atoms with Crippen molar-refractivity contribution in [1.82, 2.24) is 9.78 Å². The first kappa shape index (κ1) is 19.3. The number of carbonyl (C=O) groups is 2. The van der Waals surface area contributed by atoms with Crippen LogP contribution in [-0.4, -0.2) is 35.9 Å². The number of para-hydroxylation sites is 1. The van der Waals surface area contributed by atoms with Crippen LogP contribution < -0.4 is 0 Å². The molecule has 0 saturated carbocycles. The number of benzene rings is 2. The molecule has 0 radical (unpaired) electrons. The summed E-state index contributed by atoms with van der Waals surface area (Å²) in [5.74, 6) is -1.38. The van der Waals surface area contributed by atoms with Gasteiger partial charge >= 0.3 is 11.9 Å². The van der Waals surface area contributed by atoms with E-state index in [2.05, 4.69) is 37.0 Å². The number of carbonyl (C=O) groups excluding carboxylic acids is 2. The number of rotatable bonds is 4. The molecule has 6 nitrogen and oxygen atoms in total. The predicted octanol–water partition coefficient (Wildman–Crippen LogP) is 4.64. The summed E-state index contributed by atoms with van der Waals surface area (Å²) >= 11 is 6.97.